The molecule has 2 aromatic rings. The summed E-state index contributed by atoms with van der Waals surface area (Å²) in [5, 5.41) is 8.61. The van der Waals surface area contributed by atoms with E-state index < -0.39 is 17.5 Å². The van der Waals surface area contributed by atoms with Crippen LogP contribution >= 0.6 is 0 Å². The lowest BCUT2D eigenvalue weighted by Gasteiger charge is -2.03. The van der Waals surface area contributed by atoms with Gasteiger partial charge in [-0.2, -0.15) is 5.26 Å². The maximum atomic E-state index is 13.4. The third-order valence-corrected chi connectivity index (χ3v) is 2.37. The highest BCUT2D eigenvalue weighted by Crippen LogP contribution is 2.21. The van der Waals surface area contributed by atoms with Crippen molar-refractivity contribution in [2.24, 2.45) is 0 Å². The van der Waals surface area contributed by atoms with E-state index in [0.29, 0.717) is 12.1 Å². The first-order valence-electron chi connectivity index (χ1n) is 4.93. The molecule has 0 amide bonds. The van der Waals surface area contributed by atoms with Gasteiger partial charge in [-0.05, 0) is 12.1 Å². The first-order chi connectivity index (χ1) is 8.13. The van der Waals surface area contributed by atoms with Crippen LogP contribution in [-0.4, -0.2) is 4.98 Å². The zero-order valence-corrected chi connectivity index (χ0v) is 8.67. The second-order valence-electron chi connectivity index (χ2n) is 3.52. The van der Waals surface area contributed by atoms with Gasteiger partial charge in [0.25, 0.3) is 0 Å². The van der Waals surface area contributed by atoms with Gasteiger partial charge < -0.3 is 0 Å². The van der Waals surface area contributed by atoms with Crippen molar-refractivity contribution in [3.05, 3.63) is 41.3 Å². The molecule has 86 valence electrons. The van der Waals surface area contributed by atoms with Gasteiger partial charge in [-0.3, -0.25) is 0 Å². The summed E-state index contributed by atoms with van der Waals surface area (Å²) in [6.07, 6.45) is 0.592. The third kappa shape index (κ3) is 2.07. The molecule has 0 fully saturated rings. The Kier molecular flexibility index (Phi) is 2.96. The van der Waals surface area contributed by atoms with Crippen LogP contribution in [0.1, 0.15) is 12.1 Å². The van der Waals surface area contributed by atoms with E-state index in [1.54, 1.807) is 6.07 Å². The number of pyridine rings is 1. The lowest BCUT2D eigenvalue weighted by Crippen LogP contribution is -1.97. The van der Waals surface area contributed by atoms with Gasteiger partial charge in [0.1, 0.15) is 5.52 Å². The Hall–Kier alpha value is -2.09. The molecule has 0 radical (unpaired) electrons. The average molecular weight is 236 g/mol. The quantitative estimate of drug-likeness (QED) is 0.751. The largest absolute Gasteiger partial charge is 0.250 e. The minimum absolute atomic E-state index is 0.196. The molecule has 0 bridgehead atoms. The lowest BCUT2D eigenvalue weighted by atomic mass is 10.1. The van der Waals surface area contributed by atoms with Gasteiger partial charge in [0.05, 0.1) is 6.07 Å². The van der Waals surface area contributed by atoms with Crippen molar-refractivity contribution >= 4 is 10.9 Å². The monoisotopic (exact) mass is 236 g/mol. The average Bonchev–Trinajstić information content (AvgIpc) is 2.34. The van der Waals surface area contributed by atoms with Crippen LogP contribution in [0.15, 0.2) is 18.2 Å². The lowest BCUT2D eigenvalue weighted by molar-refractivity contribution is 0.452. The molecule has 0 aliphatic heterocycles. The van der Waals surface area contributed by atoms with E-state index in [4.69, 9.17) is 5.26 Å². The number of rotatable bonds is 2. The summed E-state index contributed by atoms with van der Waals surface area (Å²) in [6, 6.07) is 5.85. The fraction of sp³-hybridized carbons (Fsp3) is 0.167. The highest BCUT2D eigenvalue weighted by atomic mass is 19.2. The van der Waals surface area contributed by atoms with E-state index >= 15 is 0 Å². The highest BCUT2D eigenvalue weighted by Gasteiger charge is 2.14. The van der Waals surface area contributed by atoms with Crippen LogP contribution in [0.2, 0.25) is 0 Å². The minimum Gasteiger partial charge on any atom is -0.250 e. The molecular formula is C12H7F3N2. The molecule has 0 N–H and O–H groups in total. The second kappa shape index (κ2) is 4.42. The molecule has 0 spiro atoms. The number of nitriles is 1. The molecule has 1 heterocycles. The van der Waals surface area contributed by atoms with Crippen LogP contribution in [0.4, 0.5) is 13.2 Å². The molecule has 1 aromatic heterocycles. The molecule has 0 aliphatic rings. The topological polar surface area (TPSA) is 36.7 Å². The summed E-state index contributed by atoms with van der Waals surface area (Å²) in [7, 11) is 0. The number of hydrogen-bond acceptors (Lipinski definition) is 2. The van der Waals surface area contributed by atoms with Crippen molar-refractivity contribution in [2.45, 2.75) is 12.8 Å². The molecular weight excluding hydrogens is 229 g/mol. The number of nitrogens with zero attached hydrogens (tertiary/aromatic N) is 2. The molecule has 2 rings (SSSR count). The van der Waals surface area contributed by atoms with E-state index in [9.17, 15) is 13.2 Å². The predicted octanol–water partition coefficient (Wildman–Crippen LogP) is 3.11. The molecule has 0 unspecified atom stereocenters. The van der Waals surface area contributed by atoms with Crippen molar-refractivity contribution < 1.29 is 13.2 Å². The smallest absolute Gasteiger partial charge is 0.196 e. The van der Waals surface area contributed by atoms with Crippen molar-refractivity contribution in [2.75, 3.05) is 0 Å². The third-order valence-electron chi connectivity index (χ3n) is 2.37. The molecule has 0 saturated carbocycles. The minimum atomic E-state index is -1.53. The zero-order valence-electron chi connectivity index (χ0n) is 8.67. The zero-order chi connectivity index (χ0) is 12.4. The normalized spacial score (nSPS) is 10.5. The molecule has 0 atom stereocenters. The van der Waals surface area contributed by atoms with Crippen LogP contribution in [0.3, 0.4) is 0 Å². The van der Waals surface area contributed by atoms with Gasteiger partial charge in [0.15, 0.2) is 17.5 Å². The van der Waals surface area contributed by atoms with E-state index in [2.05, 4.69) is 4.98 Å². The summed E-state index contributed by atoms with van der Waals surface area (Å²) in [5.41, 5.74) is 0.267. The van der Waals surface area contributed by atoms with Crippen LogP contribution in [0.25, 0.3) is 10.9 Å². The first kappa shape index (κ1) is 11.4. The summed E-state index contributed by atoms with van der Waals surface area (Å²) in [5.74, 6) is -4.05. The number of fused-ring (bicyclic) bond motifs is 1. The Morgan fingerprint density at radius 2 is 1.94 bits per heavy atom. The SMILES string of the molecule is N#CCCc1ccc2cc(F)c(F)c(F)c2n1. The van der Waals surface area contributed by atoms with Gasteiger partial charge in [-0.15, -0.1) is 0 Å². The summed E-state index contributed by atoms with van der Waals surface area (Å²) < 4.78 is 39.3. The van der Waals surface area contributed by atoms with Gasteiger partial charge in [0.2, 0.25) is 0 Å². The Labute approximate surface area is 95.3 Å². The van der Waals surface area contributed by atoms with E-state index in [0.717, 1.165) is 6.07 Å². The Bertz CT molecular complexity index is 617. The second-order valence-corrected chi connectivity index (χ2v) is 3.52. The van der Waals surface area contributed by atoms with Crippen LogP contribution in [0.5, 0.6) is 0 Å². The van der Waals surface area contributed by atoms with Crippen molar-refractivity contribution in [3.63, 3.8) is 0 Å². The van der Waals surface area contributed by atoms with E-state index in [-0.39, 0.29) is 17.3 Å². The Morgan fingerprint density at radius 1 is 1.18 bits per heavy atom. The number of aryl methyl sites for hydroxylation is 1. The van der Waals surface area contributed by atoms with Gasteiger partial charge in [-0.25, -0.2) is 18.2 Å². The van der Waals surface area contributed by atoms with Crippen molar-refractivity contribution in [3.8, 4) is 6.07 Å². The number of hydrogen-bond donors (Lipinski definition) is 0. The van der Waals surface area contributed by atoms with Crippen LogP contribution < -0.4 is 0 Å². The van der Waals surface area contributed by atoms with Gasteiger partial charge >= 0.3 is 0 Å². The molecule has 17 heavy (non-hydrogen) atoms. The molecule has 0 saturated heterocycles. The maximum absolute atomic E-state index is 13.4. The number of benzene rings is 1. The Morgan fingerprint density at radius 3 is 2.65 bits per heavy atom. The van der Waals surface area contributed by atoms with Crippen molar-refractivity contribution in [1.29, 1.82) is 5.26 Å². The first-order valence-corrected chi connectivity index (χ1v) is 4.93. The van der Waals surface area contributed by atoms with E-state index in [1.165, 1.54) is 6.07 Å². The van der Waals surface area contributed by atoms with Crippen LogP contribution in [-0.2, 0) is 6.42 Å². The molecule has 2 nitrogen and oxygen atoms in total. The number of halogens is 3. The standard InChI is InChI=1S/C12H7F3N2/c13-9-6-7-3-4-8(2-1-5-16)17-12(7)11(15)10(9)14/h3-4,6H,1-2H2. The van der Waals surface area contributed by atoms with Crippen molar-refractivity contribution in [1.82, 2.24) is 4.98 Å². The van der Waals surface area contributed by atoms with Crippen LogP contribution in [0, 0.1) is 28.8 Å². The summed E-state index contributed by atoms with van der Waals surface area (Å²) >= 11 is 0. The summed E-state index contributed by atoms with van der Waals surface area (Å²) in [4.78, 5) is 3.88. The maximum Gasteiger partial charge on any atom is 0.196 e. The Balaban J connectivity index is 2.57. The molecule has 1 aromatic carbocycles. The van der Waals surface area contributed by atoms with E-state index in [1.807, 2.05) is 6.07 Å². The van der Waals surface area contributed by atoms with Gasteiger partial charge in [0, 0.05) is 23.9 Å². The van der Waals surface area contributed by atoms with Gasteiger partial charge in [-0.1, -0.05) is 6.07 Å². The number of aromatic nitrogens is 1. The fourth-order valence-corrected chi connectivity index (χ4v) is 1.53. The predicted molar refractivity (Wildman–Crippen MR) is 55.6 cm³/mol. The molecule has 0 aliphatic carbocycles. The fourth-order valence-electron chi connectivity index (χ4n) is 1.53. The molecule has 5 heteroatoms. The highest BCUT2D eigenvalue weighted by molar-refractivity contribution is 5.79. The summed E-state index contributed by atoms with van der Waals surface area (Å²) in [6.45, 7) is 0.